The van der Waals surface area contributed by atoms with E-state index in [1.165, 1.54) is 0 Å². The third-order valence-corrected chi connectivity index (χ3v) is 3.68. The summed E-state index contributed by atoms with van der Waals surface area (Å²) in [5.74, 6) is -0.00358. The maximum atomic E-state index is 12.1. The van der Waals surface area contributed by atoms with Crippen molar-refractivity contribution in [3.05, 3.63) is 54.1 Å². The van der Waals surface area contributed by atoms with Crippen LogP contribution in [0, 0.1) is 0 Å². The summed E-state index contributed by atoms with van der Waals surface area (Å²) in [6.45, 7) is 4.09. The number of ether oxygens (including phenoxy) is 1. The molecule has 0 aliphatic carbocycles. The number of hydrogen-bond acceptors (Lipinski definition) is 4. The SMILES string of the molecule is CCC(C)Oc1ccc(NC(=O)CNc2ccccc2C(N)=O)cc1. The van der Waals surface area contributed by atoms with Crippen LogP contribution in [0.4, 0.5) is 11.4 Å². The maximum Gasteiger partial charge on any atom is 0.250 e. The quantitative estimate of drug-likeness (QED) is 0.688. The van der Waals surface area contributed by atoms with E-state index < -0.39 is 5.91 Å². The van der Waals surface area contributed by atoms with Crippen LogP contribution in [-0.2, 0) is 4.79 Å². The first kappa shape index (κ1) is 18.3. The van der Waals surface area contributed by atoms with Crippen LogP contribution in [0.15, 0.2) is 48.5 Å². The lowest BCUT2D eigenvalue weighted by molar-refractivity contribution is -0.114. The van der Waals surface area contributed by atoms with Crippen molar-refractivity contribution in [2.45, 2.75) is 26.4 Å². The van der Waals surface area contributed by atoms with Gasteiger partial charge in [0.05, 0.1) is 18.2 Å². The third kappa shape index (κ3) is 5.53. The smallest absolute Gasteiger partial charge is 0.250 e. The highest BCUT2D eigenvalue weighted by Gasteiger charge is 2.09. The van der Waals surface area contributed by atoms with E-state index in [1.54, 1.807) is 36.4 Å². The molecule has 2 aromatic carbocycles. The summed E-state index contributed by atoms with van der Waals surface area (Å²) < 4.78 is 5.70. The van der Waals surface area contributed by atoms with Crippen molar-refractivity contribution in [1.82, 2.24) is 0 Å². The zero-order valence-corrected chi connectivity index (χ0v) is 14.4. The summed E-state index contributed by atoms with van der Waals surface area (Å²) in [6.07, 6.45) is 1.08. The molecule has 132 valence electrons. The van der Waals surface area contributed by atoms with Crippen LogP contribution in [-0.4, -0.2) is 24.5 Å². The van der Waals surface area contributed by atoms with E-state index in [4.69, 9.17) is 10.5 Å². The second kappa shape index (κ2) is 8.73. The van der Waals surface area contributed by atoms with Crippen molar-refractivity contribution in [3.8, 4) is 5.75 Å². The fraction of sp³-hybridized carbons (Fsp3) is 0.263. The van der Waals surface area contributed by atoms with Gasteiger partial charge in [-0.1, -0.05) is 19.1 Å². The largest absolute Gasteiger partial charge is 0.491 e. The average molecular weight is 341 g/mol. The van der Waals surface area contributed by atoms with Gasteiger partial charge in [-0.25, -0.2) is 0 Å². The van der Waals surface area contributed by atoms with Gasteiger partial charge in [-0.3, -0.25) is 9.59 Å². The van der Waals surface area contributed by atoms with Crippen molar-refractivity contribution in [2.24, 2.45) is 5.73 Å². The Morgan fingerprint density at radius 3 is 2.44 bits per heavy atom. The minimum absolute atomic E-state index is 0.0232. The number of nitrogens with two attached hydrogens (primary N) is 1. The van der Waals surface area contributed by atoms with Gasteiger partial charge in [0.1, 0.15) is 5.75 Å². The standard InChI is InChI=1S/C19H23N3O3/c1-3-13(2)25-15-10-8-14(9-11-15)22-18(23)12-21-17-7-5-4-6-16(17)19(20)24/h4-11,13,21H,3,12H2,1-2H3,(H2,20,24)(H,22,23). The highest BCUT2D eigenvalue weighted by molar-refractivity contribution is 6.00. The number of nitrogens with one attached hydrogen (secondary N) is 2. The van der Waals surface area contributed by atoms with Crippen molar-refractivity contribution in [1.29, 1.82) is 0 Å². The number of carbonyl (C=O) groups excluding carboxylic acids is 2. The van der Waals surface area contributed by atoms with E-state index in [9.17, 15) is 9.59 Å². The zero-order chi connectivity index (χ0) is 18.2. The summed E-state index contributed by atoms with van der Waals surface area (Å²) in [4.78, 5) is 23.4. The average Bonchev–Trinajstić information content (AvgIpc) is 2.61. The number of hydrogen-bond donors (Lipinski definition) is 3. The predicted molar refractivity (Wildman–Crippen MR) is 98.9 cm³/mol. The van der Waals surface area contributed by atoms with Gasteiger partial charge < -0.3 is 21.1 Å². The Bertz CT molecular complexity index is 729. The van der Waals surface area contributed by atoms with E-state index >= 15 is 0 Å². The van der Waals surface area contributed by atoms with E-state index in [0.717, 1.165) is 12.2 Å². The molecule has 0 heterocycles. The molecule has 2 rings (SSSR count). The Balaban J connectivity index is 1.89. The number of para-hydroxylation sites is 1. The number of primary amides is 1. The number of amides is 2. The first-order valence-corrected chi connectivity index (χ1v) is 8.19. The number of anilines is 2. The Morgan fingerprint density at radius 2 is 1.80 bits per heavy atom. The second-order valence-electron chi connectivity index (χ2n) is 5.67. The van der Waals surface area contributed by atoms with Gasteiger partial charge in [0.15, 0.2) is 0 Å². The van der Waals surface area contributed by atoms with Gasteiger partial charge in [0.2, 0.25) is 5.91 Å². The molecule has 0 spiro atoms. The minimum atomic E-state index is -0.541. The Kier molecular flexibility index (Phi) is 6.39. The van der Waals surface area contributed by atoms with Gasteiger partial charge in [-0.05, 0) is 49.7 Å². The fourth-order valence-corrected chi connectivity index (χ4v) is 2.17. The molecule has 0 aliphatic rings. The molecule has 0 bridgehead atoms. The van der Waals surface area contributed by atoms with Crippen molar-refractivity contribution >= 4 is 23.2 Å². The molecule has 4 N–H and O–H groups in total. The maximum absolute atomic E-state index is 12.1. The molecule has 6 nitrogen and oxygen atoms in total. The van der Waals surface area contributed by atoms with E-state index in [0.29, 0.717) is 16.9 Å². The number of benzene rings is 2. The van der Waals surface area contributed by atoms with Crippen LogP contribution < -0.4 is 21.1 Å². The van der Waals surface area contributed by atoms with Gasteiger partial charge in [0, 0.05) is 11.4 Å². The lowest BCUT2D eigenvalue weighted by Crippen LogP contribution is -2.23. The molecule has 0 saturated heterocycles. The van der Waals surface area contributed by atoms with Crippen LogP contribution >= 0.6 is 0 Å². The summed E-state index contributed by atoms with van der Waals surface area (Å²) in [5.41, 5.74) is 6.86. The van der Waals surface area contributed by atoms with Gasteiger partial charge >= 0.3 is 0 Å². The molecule has 0 fully saturated rings. The molecule has 25 heavy (non-hydrogen) atoms. The lowest BCUT2D eigenvalue weighted by Gasteiger charge is -2.13. The summed E-state index contributed by atoms with van der Waals surface area (Å²) >= 11 is 0. The molecule has 2 aromatic rings. The van der Waals surface area contributed by atoms with Gasteiger partial charge in [0.25, 0.3) is 5.91 Å². The van der Waals surface area contributed by atoms with E-state index in [2.05, 4.69) is 17.6 Å². The first-order chi connectivity index (χ1) is 12.0. The van der Waals surface area contributed by atoms with Crippen LogP contribution in [0.5, 0.6) is 5.75 Å². The molecule has 2 amide bonds. The first-order valence-electron chi connectivity index (χ1n) is 8.19. The molecule has 1 atom stereocenters. The van der Waals surface area contributed by atoms with E-state index in [1.807, 2.05) is 19.1 Å². The molecule has 0 radical (unpaired) electrons. The Morgan fingerprint density at radius 1 is 1.12 bits per heavy atom. The van der Waals surface area contributed by atoms with Crippen LogP contribution in [0.1, 0.15) is 30.6 Å². The minimum Gasteiger partial charge on any atom is -0.491 e. The third-order valence-electron chi connectivity index (χ3n) is 3.68. The summed E-state index contributed by atoms with van der Waals surface area (Å²) in [7, 11) is 0. The zero-order valence-electron chi connectivity index (χ0n) is 14.4. The van der Waals surface area contributed by atoms with Crippen molar-refractivity contribution in [3.63, 3.8) is 0 Å². The lowest BCUT2D eigenvalue weighted by atomic mass is 10.1. The molecule has 6 heteroatoms. The monoisotopic (exact) mass is 341 g/mol. The van der Waals surface area contributed by atoms with Crippen LogP contribution in [0.3, 0.4) is 0 Å². The fourth-order valence-electron chi connectivity index (χ4n) is 2.17. The second-order valence-corrected chi connectivity index (χ2v) is 5.67. The predicted octanol–water partition coefficient (Wildman–Crippen LogP) is 3.01. The van der Waals surface area contributed by atoms with Crippen LogP contribution in [0.25, 0.3) is 0 Å². The molecular formula is C19H23N3O3. The van der Waals surface area contributed by atoms with Crippen molar-refractivity contribution in [2.75, 3.05) is 17.2 Å². The molecule has 1 unspecified atom stereocenters. The molecule has 0 aromatic heterocycles. The Labute approximate surface area is 147 Å². The number of carbonyl (C=O) groups is 2. The van der Waals surface area contributed by atoms with Gasteiger partial charge in [-0.15, -0.1) is 0 Å². The highest BCUT2D eigenvalue weighted by atomic mass is 16.5. The topological polar surface area (TPSA) is 93.4 Å². The number of rotatable bonds is 8. The van der Waals surface area contributed by atoms with Gasteiger partial charge in [-0.2, -0.15) is 0 Å². The molecule has 0 aliphatic heterocycles. The molecule has 0 saturated carbocycles. The normalized spacial score (nSPS) is 11.4. The van der Waals surface area contributed by atoms with Crippen molar-refractivity contribution < 1.29 is 14.3 Å². The van der Waals surface area contributed by atoms with E-state index in [-0.39, 0.29) is 18.6 Å². The highest BCUT2D eigenvalue weighted by Crippen LogP contribution is 2.18. The summed E-state index contributed by atoms with van der Waals surface area (Å²) in [5, 5.41) is 5.70. The molecular weight excluding hydrogens is 318 g/mol. The Hall–Kier alpha value is -3.02. The summed E-state index contributed by atoms with van der Waals surface area (Å²) in [6, 6.07) is 14.0. The van der Waals surface area contributed by atoms with Crippen LogP contribution in [0.2, 0.25) is 0 Å².